The smallest absolute Gasteiger partial charge is 0.324 e. The van der Waals surface area contributed by atoms with Gasteiger partial charge in [-0.15, -0.1) is 0 Å². The van der Waals surface area contributed by atoms with Gasteiger partial charge in [0.25, 0.3) is 0 Å². The molecule has 0 atom stereocenters. The Hall–Kier alpha value is -4.77. The number of urea groups is 2. The topological polar surface area (TPSA) is 117 Å². The first kappa shape index (κ1) is 30.3. The number of nitrogens with zero attached hydrogens (tertiary/aromatic N) is 5. The van der Waals surface area contributed by atoms with Crippen molar-refractivity contribution >= 4 is 52.0 Å². The summed E-state index contributed by atoms with van der Waals surface area (Å²) in [4.78, 5) is 28.0. The van der Waals surface area contributed by atoms with Crippen LogP contribution in [0, 0.1) is 12.8 Å². The summed E-state index contributed by atoms with van der Waals surface area (Å²) in [7, 11) is 0. The lowest BCUT2D eigenvalue weighted by Gasteiger charge is -2.32. The molecule has 2 aromatic heterocycles. The third kappa shape index (κ3) is 7.15. The van der Waals surface area contributed by atoms with Crippen LogP contribution in [0.15, 0.2) is 72.8 Å². The molecule has 1 saturated heterocycles. The van der Waals surface area contributed by atoms with Gasteiger partial charge in [0.1, 0.15) is 16.9 Å². The molecule has 6 rings (SSSR count). The molecule has 0 radical (unpaired) electrons. The Morgan fingerprint density at radius 2 is 1.67 bits per heavy atom. The predicted molar refractivity (Wildman–Crippen MR) is 181 cm³/mol. The quantitative estimate of drug-likeness (QED) is 0.180. The molecule has 45 heavy (non-hydrogen) atoms. The second-order valence-corrected chi connectivity index (χ2v) is 13.2. The van der Waals surface area contributed by atoms with E-state index in [0.29, 0.717) is 30.5 Å². The van der Waals surface area contributed by atoms with Crippen LogP contribution in [0.2, 0.25) is 0 Å². The molecule has 232 valence electrons. The maximum Gasteiger partial charge on any atom is 0.324 e. The summed E-state index contributed by atoms with van der Waals surface area (Å²) in [6.07, 6.45) is 2.70. The van der Waals surface area contributed by atoms with E-state index in [-0.39, 0.29) is 17.5 Å². The Bertz CT molecular complexity index is 1810. The van der Waals surface area contributed by atoms with E-state index in [1.165, 1.54) is 0 Å². The number of amides is 4. The number of benzene rings is 3. The molecule has 0 aliphatic carbocycles. The van der Waals surface area contributed by atoms with E-state index < -0.39 is 0 Å². The third-order valence-corrected chi connectivity index (χ3v) is 8.68. The van der Waals surface area contributed by atoms with Crippen molar-refractivity contribution in [3.8, 4) is 5.69 Å². The largest absolute Gasteiger partial charge is 0.325 e. The van der Waals surface area contributed by atoms with Crippen LogP contribution in [0.1, 0.15) is 50.4 Å². The van der Waals surface area contributed by atoms with Crippen molar-refractivity contribution in [2.75, 3.05) is 29.0 Å². The number of carbonyl (C=O) groups is 2. The molecule has 1 aliphatic heterocycles. The van der Waals surface area contributed by atoms with Gasteiger partial charge in [-0.3, -0.25) is 5.32 Å². The number of likely N-dealkylation sites (tertiary alicyclic amines) is 1. The minimum atomic E-state index is -0.329. The molecule has 10 nitrogen and oxygen atoms in total. The van der Waals surface area contributed by atoms with Crippen molar-refractivity contribution in [3.63, 3.8) is 0 Å². The van der Waals surface area contributed by atoms with Crippen molar-refractivity contribution in [3.05, 3.63) is 89.6 Å². The second-order valence-electron chi connectivity index (χ2n) is 12.7. The number of piperidine rings is 1. The van der Waals surface area contributed by atoms with Crippen LogP contribution in [0.25, 0.3) is 16.7 Å². The zero-order chi connectivity index (χ0) is 31.6. The van der Waals surface area contributed by atoms with Crippen LogP contribution in [0.4, 0.5) is 26.8 Å². The number of aryl methyl sites for hydroxylation is 1. The highest BCUT2D eigenvalue weighted by Gasteiger charge is 2.24. The van der Waals surface area contributed by atoms with E-state index in [1.807, 2.05) is 78.6 Å². The van der Waals surface area contributed by atoms with Gasteiger partial charge >= 0.3 is 12.1 Å². The van der Waals surface area contributed by atoms with Crippen molar-refractivity contribution in [1.29, 1.82) is 0 Å². The van der Waals surface area contributed by atoms with Crippen LogP contribution < -0.4 is 16.0 Å². The van der Waals surface area contributed by atoms with Gasteiger partial charge in [-0.05, 0) is 74.1 Å². The van der Waals surface area contributed by atoms with E-state index in [0.717, 1.165) is 70.2 Å². The van der Waals surface area contributed by atoms with E-state index in [1.54, 1.807) is 4.68 Å². The van der Waals surface area contributed by atoms with Crippen LogP contribution in [-0.4, -0.2) is 48.6 Å². The molecular weight excluding hydrogens is 584 g/mol. The first-order valence-corrected chi connectivity index (χ1v) is 16.0. The van der Waals surface area contributed by atoms with Gasteiger partial charge < -0.3 is 15.5 Å². The Morgan fingerprint density at radius 3 is 2.42 bits per heavy atom. The molecule has 1 aliphatic rings. The summed E-state index contributed by atoms with van der Waals surface area (Å²) in [5.74, 6) is 1.05. The van der Waals surface area contributed by atoms with Crippen LogP contribution in [0.5, 0.6) is 0 Å². The molecule has 11 heteroatoms. The minimum Gasteiger partial charge on any atom is -0.325 e. The number of rotatable bonds is 6. The highest BCUT2D eigenvalue weighted by Crippen LogP contribution is 2.28. The molecule has 3 N–H and O–H groups in total. The lowest BCUT2D eigenvalue weighted by molar-refractivity contribution is 0.182. The fourth-order valence-corrected chi connectivity index (χ4v) is 6.10. The molecule has 0 bridgehead atoms. The van der Waals surface area contributed by atoms with Gasteiger partial charge in [0, 0.05) is 30.3 Å². The summed E-state index contributed by atoms with van der Waals surface area (Å²) in [5, 5.41) is 13.8. The molecule has 1 fully saturated rings. The molecule has 0 spiro atoms. The standard InChI is InChI=1S/C34H38N8O2S/c1-22-11-13-26(14-12-22)42-30(21-29(38-42)34(2,3)4)37-32(43)35-25-8-5-7-24(20-25)19-23-15-17-41(18-16-23)33(44)36-27-9-6-10-28-31(27)40-45-39-28/h5-14,20-21,23H,15-19H2,1-4H3,(H,36,44)(H2,35,37,43). The molecule has 5 aromatic rings. The summed E-state index contributed by atoms with van der Waals surface area (Å²) in [6.45, 7) is 9.72. The Morgan fingerprint density at radius 1 is 0.911 bits per heavy atom. The average molecular weight is 623 g/mol. The number of nitrogens with one attached hydrogen (secondary N) is 3. The van der Waals surface area contributed by atoms with Crippen molar-refractivity contribution in [2.45, 2.75) is 52.4 Å². The summed E-state index contributed by atoms with van der Waals surface area (Å²) in [6, 6.07) is 23.2. The van der Waals surface area contributed by atoms with E-state index in [9.17, 15) is 9.59 Å². The molecule has 3 heterocycles. The van der Waals surface area contributed by atoms with E-state index in [2.05, 4.69) is 51.5 Å². The van der Waals surface area contributed by atoms with Gasteiger partial charge in [-0.25, -0.2) is 14.3 Å². The summed E-state index contributed by atoms with van der Waals surface area (Å²) >= 11 is 1.14. The average Bonchev–Trinajstić information content (AvgIpc) is 3.66. The number of aromatic nitrogens is 4. The van der Waals surface area contributed by atoms with E-state index in [4.69, 9.17) is 5.10 Å². The first-order valence-electron chi connectivity index (χ1n) is 15.2. The fraction of sp³-hybridized carbons (Fsp3) is 0.324. The zero-order valence-electron chi connectivity index (χ0n) is 26.0. The second kappa shape index (κ2) is 12.7. The van der Waals surface area contributed by atoms with Gasteiger partial charge in [0.15, 0.2) is 0 Å². The maximum atomic E-state index is 13.2. The monoisotopic (exact) mass is 622 g/mol. The first-order chi connectivity index (χ1) is 21.6. The van der Waals surface area contributed by atoms with Crippen LogP contribution in [0.3, 0.4) is 0 Å². The Labute approximate surface area is 267 Å². The molecule has 0 unspecified atom stereocenters. The van der Waals surface area contributed by atoms with Gasteiger partial charge in [-0.1, -0.05) is 56.7 Å². The van der Waals surface area contributed by atoms with Crippen molar-refractivity contribution in [2.24, 2.45) is 5.92 Å². The summed E-state index contributed by atoms with van der Waals surface area (Å²) < 4.78 is 10.3. The third-order valence-electron chi connectivity index (χ3n) is 8.14. The zero-order valence-corrected chi connectivity index (χ0v) is 26.8. The fourth-order valence-electron chi connectivity index (χ4n) is 5.55. The number of fused-ring (bicyclic) bond motifs is 1. The minimum absolute atomic E-state index is 0.107. The van der Waals surface area contributed by atoms with Gasteiger partial charge in [0.05, 0.1) is 28.8 Å². The normalized spacial score (nSPS) is 14.0. The maximum absolute atomic E-state index is 13.2. The van der Waals surface area contributed by atoms with Gasteiger partial charge in [-0.2, -0.15) is 13.8 Å². The molecular formula is C34H38N8O2S. The van der Waals surface area contributed by atoms with Gasteiger partial charge in [0.2, 0.25) is 0 Å². The predicted octanol–water partition coefficient (Wildman–Crippen LogP) is 7.61. The van der Waals surface area contributed by atoms with Crippen molar-refractivity contribution in [1.82, 2.24) is 23.4 Å². The highest BCUT2D eigenvalue weighted by molar-refractivity contribution is 7.00. The number of carbonyl (C=O) groups excluding carboxylic acids is 2. The lowest BCUT2D eigenvalue weighted by atomic mass is 9.90. The molecule has 0 saturated carbocycles. The lowest BCUT2D eigenvalue weighted by Crippen LogP contribution is -2.41. The Balaban J connectivity index is 1.05. The number of hydrogen-bond acceptors (Lipinski definition) is 6. The Kier molecular flexibility index (Phi) is 8.53. The number of anilines is 3. The number of hydrogen-bond donors (Lipinski definition) is 3. The molecule has 4 amide bonds. The SMILES string of the molecule is Cc1ccc(-n2nc(C(C)(C)C)cc2NC(=O)Nc2cccc(CC3CCN(C(=O)Nc4cccc5nsnc45)CC3)c2)cc1. The van der Waals surface area contributed by atoms with Crippen LogP contribution in [-0.2, 0) is 11.8 Å². The summed E-state index contributed by atoms with van der Waals surface area (Å²) in [5.41, 5.74) is 6.83. The van der Waals surface area contributed by atoms with E-state index >= 15 is 0 Å². The molecule has 3 aromatic carbocycles. The van der Waals surface area contributed by atoms with Crippen molar-refractivity contribution < 1.29 is 9.59 Å². The highest BCUT2D eigenvalue weighted by atomic mass is 32.1. The van der Waals surface area contributed by atoms with Crippen LogP contribution >= 0.6 is 11.7 Å².